The fourth-order valence-corrected chi connectivity index (χ4v) is 1.01. The fourth-order valence-electron chi connectivity index (χ4n) is 1.01. The van der Waals surface area contributed by atoms with Crippen LogP contribution in [0.25, 0.3) is 0 Å². The van der Waals surface area contributed by atoms with Crippen molar-refractivity contribution in [2.45, 2.75) is 6.92 Å². The molecule has 1 aliphatic heterocycles. The molecule has 0 bridgehead atoms. The molecule has 0 saturated carbocycles. The van der Waals surface area contributed by atoms with Gasteiger partial charge in [0.1, 0.15) is 0 Å². The summed E-state index contributed by atoms with van der Waals surface area (Å²) < 4.78 is 5.18. The van der Waals surface area contributed by atoms with Crippen LogP contribution in [0, 0.1) is 11.8 Å². The molecule has 2 N–H and O–H groups in total. The van der Waals surface area contributed by atoms with Crippen LogP contribution in [0.3, 0.4) is 0 Å². The first-order valence-electron chi connectivity index (χ1n) is 3.12. The first kappa shape index (κ1) is 6.05. The highest BCUT2D eigenvalue weighted by molar-refractivity contribution is 4.71. The SMILES string of the molecule is C[C@H]1COC[C@@H]1CN. The van der Waals surface area contributed by atoms with Gasteiger partial charge in [0.15, 0.2) is 0 Å². The zero-order valence-corrected chi connectivity index (χ0v) is 5.26. The van der Waals surface area contributed by atoms with Crippen molar-refractivity contribution in [3.63, 3.8) is 0 Å². The van der Waals surface area contributed by atoms with E-state index in [0.717, 1.165) is 19.8 Å². The molecule has 1 heterocycles. The number of hydrogen-bond donors (Lipinski definition) is 1. The fraction of sp³-hybridized carbons (Fsp3) is 1.00. The zero-order valence-electron chi connectivity index (χ0n) is 5.26. The van der Waals surface area contributed by atoms with Gasteiger partial charge in [-0.3, -0.25) is 0 Å². The first-order valence-corrected chi connectivity index (χ1v) is 3.12. The second-order valence-electron chi connectivity index (χ2n) is 2.51. The van der Waals surface area contributed by atoms with Gasteiger partial charge in [0, 0.05) is 6.61 Å². The normalized spacial score (nSPS) is 38.2. The highest BCUT2D eigenvalue weighted by Crippen LogP contribution is 2.17. The predicted molar refractivity (Wildman–Crippen MR) is 32.5 cm³/mol. The van der Waals surface area contributed by atoms with Crippen molar-refractivity contribution in [2.75, 3.05) is 19.8 Å². The molecule has 0 spiro atoms. The van der Waals surface area contributed by atoms with E-state index in [0.29, 0.717) is 11.8 Å². The molecule has 0 aromatic rings. The molecule has 8 heavy (non-hydrogen) atoms. The minimum Gasteiger partial charge on any atom is -0.381 e. The molecule has 48 valence electrons. The van der Waals surface area contributed by atoms with Gasteiger partial charge >= 0.3 is 0 Å². The zero-order chi connectivity index (χ0) is 5.98. The standard InChI is InChI=1S/C6H13NO/c1-5-3-8-4-6(5)2-7/h5-6H,2-4,7H2,1H3/t5-,6-/m0/s1. The molecule has 1 aliphatic rings. The summed E-state index contributed by atoms with van der Waals surface area (Å²) in [5, 5.41) is 0. The Morgan fingerprint density at radius 1 is 1.62 bits per heavy atom. The number of rotatable bonds is 1. The topological polar surface area (TPSA) is 35.2 Å². The van der Waals surface area contributed by atoms with Gasteiger partial charge in [-0.05, 0) is 18.4 Å². The Labute approximate surface area is 50.0 Å². The smallest absolute Gasteiger partial charge is 0.0509 e. The summed E-state index contributed by atoms with van der Waals surface area (Å²) in [6, 6.07) is 0. The molecule has 1 rings (SSSR count). The Morgan fingerprint density at radius 2 is 2.38 bits per heavy atom. The monoisotopic (exact) mass is 115 g/mol. The van der Waals surface area contributed by atoms with Crippen molar-refractivity contribution in [1.82, 2.24) is 0 Å². The van der Waals surface area contributed by atoms with Crippen molar-refractivity contribution >= 4 is 0 Å². The summed E-state index contributed by atoms with van der Waals surface area (Å²) in [5.74, 6) is 1.30. The van der Waals surface area contributed by atoms with Gasteiger partial charge in [-0.25, -0.2) is 0 Å². The van der Waals surface area contributed by atoms with Crippen molar-refractivity contribution < 1.29 is 4.74 Å². The van der Waals surface area contributed by atoms with E-state index in [4.69, 9.17) is 10.5 Å². The van der Waals surface area contributed by atoms with E-state index in [1.165, 1.54) is 0 Å². The van der Waals surface area contributed by atoms with Crippen LogP contribution in [0.4, 0.5) is 0 Å². The van der Waals surface area contributed by atoms with E-state index in [9.17, 15) is 0 Å². The molecule has 0 unspecified atom stereocenters. The summed E-state index contributed by atoms with van der Waals surface area (Å²) in [7, 11) is 0. The van der Waals surface area contributed by atoms with Crippen LogP contribution in [0.15, 0.2) is 0 Å². The van der Waals surface area contributed by atoms with Crippen LogP contribution < -0.4 is 5.73 Å². The molecule has 2 heteroatoms. The lowest BCUT2D eigenvalue weighted by Gasteiger charge is -2.07. The highest BCUT2D eigenvalue weighted by atomic mass is 16.5. The maximum Gasteiger partial charge on any atom is 0.0509 e. The quantitative estimate of drug-likeness (QED) is 0.531. The minimum atomic E-state index is 0.620. The molecule has 0 amide bonds. The Hall–Kier alpha value is -0.0800. The predicted octanol–water partition coefficient (Wildman–Crippen LogP) is 0.228. The van der Waals surface area contributed by atoms with Crippen molar-refractivity contribution in [2.24, 2.45) is 17.6 Å². The van der Waals surface area contributed by atoms with E-state index in [1.54, 1.807) is 0 Å². The molecule has 0 aliphatic carbocycles. The summed E-state index contributed by atoms with van der Waals surface area (Å²) >= 11 is 0. The molecule has 2 atom stereocenters. The van der Waals surface area contributed by atoms with Crippen molar-refractivity contribution in [3.05, 3.63) is 0 Å². The Balaban J connectivity index is 2.30. The molecular formula is C6H13NO. The Kier molecular flexibility index (Phi) is 1.86. The molecule has 1 saturated heterocycles. The maximum atomic E-state index is 5.44. The van der Waals surface area contributed by atoms with Gasteiger partial charge in [-0.1, -0.05) is 6.92 Å². The van der Waals surface area contributed by atoms with Crippen molar-refractivity contribution in [1.29, 1.82) is 0 Å². The average Bonchev–Trinajstić information content (AvgIpc) is 2.14. The van der Waals surface area contributed by atoms with Crippen LogP contribution in [0.2, 0.25) is 0 Å². The van der Waals surface area contributed by atoms with Crippen LogP contribution in [-0.4, -0.2) is 19.8 Å². The molecule has 1 fully saturated rings. The number of hydrogen-bond acceptors (Lipinski definition) is 2. The minimum absolute atomic E-state index is 0.620. The van der Waals surface area contributed by atoms with Crippen molar-refractivity contribution in [3.8, 4) is 0 Å². The number of nitrogens with two attached hydrogens (primary N) is 1. The van der Waals surface area contributed by atoms with Gasteiger partial charge in [-0.15, -0.1) is 0 Å². The van der Waals surface area contributed by atoms with E-state index in [-0.39, 0.29) is 0 Å². The molecular weight excluding hydrogens is 102 g/mol. The highest BCUT2D eigenvalue weighted by Gasteiger charge is 2.21. The van der Waals surface area contributed by atoms with Crippen LogP contribution in [-0.2, 0) is 4.74 Å². The van der Waals surface area contributed by atoms with Gasteiger partial charge in [-0.2, -0.15) is 0 Å². The third-order valence-corrected chi connectivity index (χ3v) is 1.82. The Morgan fingerprint density at radius 3 is 2.62 bits per heavy atom. The van der Waals surface area contributed by atoms with Gasteiger partial charge < -0.3 is 10.5 Å². The molecule has 2 nitrogen and oxygen atoms in total. The van der Waals surface area contributed by atoms with Gasteiger partial charge in [0.25, 0.3) is 0 Å². The first-order chi connectivity index (χ1) is 3.84. The van der Waals surface area contributed by atoms with E-state index in [2.05, 4.69) is 6.92 Å². The molecule has 0 aromatic heterocycles. The lowest BCUT2D eigenvalue weighted by atomic mass is 9.99. The average molecular weight is 115 g/mol. The van der Waals surface area contributed by atoms with E-state index in [1.807, 2.05) is 0 Å². The van der Waals surface area contributed by atoms with E-state index >= 15 is 0 Å². The third-order valence-electron chi connectivity index (χ3n) is 1.82. The van der Waals surface area contributed by atoms with Gasteiger partial charge in [0.05, 0.1) is 6.61 Å². The maximum absolute atomic E-state index is 5.44. The van der Waals surface area contributed by atoms with Crippen LogP contribution in [0.5, 0.6) is 0 Å². The summed E-state index contributed by atoms with van der Waals surface area (Å²) in [4.78, 5) is 0. The lowest BCUT2D eigenvalue weighted by Crippen LogP contribution is -2.19. The molecule has 0 radical (unpaired) electrons. The van der Waals surface area contributed by atoms with Crippen LogP contribution in [0.1, 0.15) is 6.92 Å². The summed E-state index contributed by atoms with van der Waals surface area (Å²) in [6.07, 6.45) is 0. The molecule has 0 aromatic carbocycles. The number of ether oxygens (including phenoxy) is 1. The third kappa shape index (κ3) is 1.01. The lowest BCUT2D eigenvalue weighted by molar-refractivity contribution is 0.182. The van der Waals surface area contributed by atoms with Gasteiger partial charge in [0.2, 0.25) is 0 Å². The second-order valence-corrected chi connectivity index (χ2v) is 2.51. The summed E-state index contributed by atoms with van der Waals surface area (Å²) in [5.41, 5.74) is 5.44. The Bertz CT molecular complexity index is 74.9. The van der Waals surface area contributed by atoms with Crippen LogP contribution >= 0.6 is 0 Å². The second kappa shape index (κ2) is 2.46. The van der Waals surface area contributed by atoms with E-state index < -0.39 is 0 Å². The summed E-state index contributed by atoms with van der Waals surface area (Å²) in [6.45, 7) is 4.74. The largest absolute Gasteiger partial charge is 0.381 e.